The second-order valence-corrected chi connectivity index (χ2v) is 10.5. The molecule has 2 fully saturated rings. The average Bonchev–Trinajstić information content (AvgIpc) is 3.34. The molecule has 1 saturated carbocycles. The number of thioether (sulfide) groups is 1. The number of rotatable bonds is 7. The fraction of sp³-hybridized carbons (Fsp3) is 0.409. The van der Waals surface area contributed by atoms with Gasteiger partial charge in [0.05, 0.1) is 10.9 Å². The highest BCUT2D eigenvalue weighted by molar-refractivity contribution is 8.13. The van der Waals surface area contributed by atoms with Crippen molar-refractivity contribution in [1.29, 1.82) is 0 Å². The number of carbonyl (C=O) groups excluding carboxylic acids is 1. The van der Waals surface area contributed by atoms with Gasteiger partial charge in [-0.3, -0.25) is 4.79 Å². The lowest BCUT2D eigenvalue weighted by molar-refractivity contribution is -0.115. The van der Waals surface area contributed by atoms with Crippen LogP contribution in [0.2, 0.25) is 0 Å². The van der Waals surface area contributed by atoms with Crippen LogP contribution in [0, 0.1) is 5.92 Å². The van der Waals surface area contributed by atoms with Crippen LogP contribution in [-0.4, -0.2) is 35.7 Å². The van der Waals surface area contributed by atoms with Crippen LogP contribution in [0.15, 0.2) is 65.6 Å². The molecule has 0 spiro atoms. The van der Waals surface area contributed by atoms with Gasteiger partial charge in [-0.05, 0) is 55.7 Å². The Bertz CT molecular complexity index is 915. The maximum absolute atomic E-state index is 13.2. The Kier molecular flexibility index (Phi) is 5.90. The average molecular weight is 416 g/mol. The van der Waals surface area contributed by atoms with Crippen LogP contribution in [0.25, 0.3) is 0 Å². The van der Waals surface area contributed by atoms with Crippen molar-refractivity contribution >= 4 is 26.9 Å². The third-order valence-electron chi connectivity index (χ3n) is 5.78. The Morgan fingerprint density at radius 3 is 2.39 bits per heavy atom. The van der Waals surface area contributed by atoms with E-state index in [0.29, 0.717) is 0 Å². The van der Waals surface area contributed by atoms with E-state index in [1.54, 1.807) is 30.3 Å². The van der Waals surface area contributed by atoms with Gasteiger partial charge in [-0.2, -0.15) is 4.31 Å². The van der Waals surface area contributed by atoms with Crippen LogP contribution in [0.5, 0.6) is 0 Å². The summed E-state index contributed by atoms with van der Waals surface area (Å²) in [5, 5.41) is 0.0137. The predicted molar refractivity (Wildman–Crippen MR) is 113 cm³/mol. The number of aryl methyl sites for hydroxylation is 1. The second-order valence-electron chi connectivity index (χ2n) is 7.58. The summed E-state index contributed by atoms with van der Waals surface area (Å²) < 4.78 is 28.0. The molecule has 1 saturated heterocycles. The Morgan fingerprint density at radius 1 is 1.00 bits per heavy atom. The molecule has 148 valence electrons. The summed E-state index contributed by atoms with van der Waals surface area (Å²) >= 11 is 1.30. The molecule has 0 aromatic heterocycles. The van der Waals surface area contributed by atoms with E-state index in [4.69, 9.17) is 0 Å². The second kappa shape index (κ2) is 8.39. The maximum atomic E-state index is 13.2. The first-order valence-electron chi connectivity index (χ1n) is 9.86. The topological polar surface area (TPSA) is 54.5 Å². The highest BCUT2D eigenvalue weighted by Crippen LogP contribution is 2.46. The summed E-state index contributed by atoms with van der Waals surface area (Å²) in [5.74, 6) is 0.888. The number of carbonyl (C=O) groups is 1. The minimum atomic E-state index is -3.64. The molecular weight excluding hydrogens is 390 g/mol. The first-order valence-corrected chi connectivity index (χ1v) is 12.3. The van der Waals surface area contributed by atoms with Crippen molar-refractivity contribution in [3.8, 4) is 0 Å². The highest BCUT2D eigenvalue weighted by atomic mass is 32.2. The molecule has 6 heteroatoms. The largest absolute Gasteiger partial charge is 0.285 e. The normalized spacial score (nSPS) is 24.5. The molecule has 2 aromatic rings. The van der Waals surface area contributed by atoms with Gasteiger partial charge in [-0.25, -0.2) is 8.42 Å². The van der Waals surface area contributed by atoms with Crippen LogP contribution in [-0.2, 0) is 21.2 Å². The molecular formula is C22H25NO3S2. The molecule has 2 unspecified atom stereocenters. The number of fused-ring (bicyclic) bond motifs is 2. The predicted octanol–water partition coefficient (Wildman–Crippen LogP) is 4.12. The van der Waals surface area contributed by atoms with Crippen LogP contribution >= 0.6 is 11.8 Å². The van der Waals surface area contributed by atoms with Gasteiger partial charge in [0.1, 0.15) is 0 Å². The van der Waals surface area contributed by atoms with Gasteiger partial charge >= 0.3 is 0 Å². The Morgan fingerprint density at radius 2 is 1.68 bits per heavy atom. The standard InChI is InChI=1S/C22H25NO3S2/c24-22(27-15-7-10-17-8-3-1-4-9-17)21-18-13-14-19(16-18)23(21)28(25,26)20-11-5-2-6-12-20/h1-6,8-9,11-12,18-19,21H,7,10,13-16H2/t18?,19?,21-/m0/s1. The highest BCUT2D eigenvalue weighted by Gasteiger charge is 2.54. The van der Waals surface area contributed by atoms with Crippen molar-refractivity contribution in [2.75, 3.05) is 5.75 Å². The van der Waals surface area contributed by atoms with Gasteiger partial charge in [-0.15, -0.1) is 0 Å². The molecule has 2 aliphatic rings. The Balaban J connectivity index is 1.43. The molecule has 1 aliphatic heterocycles. The Labute approximate surface area is 171 Å². The summed E-state index contributed by atoms with van der Waals surface area (Å²) in [6.07, 6.45) is 4.47. The van der Waals surface area contributed by atoms with Gasteiger partial charge in [-0.1, -0.05) is 60.3 Å². The third kappa shape index (κ3) is 3.91. The summed E-state index contributed by atoms with van der Waals surface area (Å²) in [6.45, 7) is 0. The molecule has 0 N–H and O–H groups in total. The van der Waals surface area contributed by atoms with E-state index >= 15 is 0 Å². The first kappa shape index (κ1) is 19.7. The van der Waals surface area contributed by atoms with Crippen molar-refractivity contribution in [3.05, 3.63) is 66.2 Å². The monoisotopic (exact) mass is 415 g/mol. The fourth-order valence-electron chi connectivity index (χ4n) is 4.48. The van der Waals surface area contributed by atoms with E-state index in [2.05, 4.69) is 12.1 Å². The number of nitrogens with zero attached hydrogens (tertiary/aromatic N) is 1. The summed E-state index contributed by atoms with van der Waals surface area (Å²) in [6, 6.07) is 18.2. The SMILES string of the molecule is O=C(SCCCc1ccccc1)[C@@H]1C2CCC(C2)N1S(=O)(=O)c1ccccc1. The van der Waals surface area contributed by atoms with Crippen molar-refractivity contribution in [1.82, 2.24) is 4.31 Å². The quantitative estimate of drug-likeness (QED) is 0.639. The first-order chi connectivity index (χ1) is 13.6. The molecule has 3 atom stereocenters. The molecule has 4 rings (SSSR count). The van der Waals surface area contributed by atoms with Crippen LogP contribution in [0.4, 0.5) is 0 Å². The van der Waals surface area contributed by atoms with E-state index in [9.17, 15) is 13.2 Å². The van der Waals surface area contributed by atoms with E-state index in [1.807, 2.05) is 18.2 Å². The summed E-state index contributed by atoms with van der Waals surface area (Å²) in [7, 11) is -3.64. The number of hydrogen-bond donors (Lipinski definition) is 0. The lowest BCUT2D eigenvalue weighted by atomic mass is 10.0. The van der Waals surface area contributed by atoms with Crippen molar-refractivity contribution in [3.63, 3.8) is 0 Å². The van der Waals surface area contributed by atoms with Crippen molar-refractivity contribution in [2.24, 2.45) is 5.92 Å². The smallest absolute Gasteiger partial charge is 0.244 e. The minimum absolute atomic E-state index is 0.0137. The van der Waals surface area contributed by atoms with Gasteiger partial charge in [0.2, 0.25) is 15.1 Å². The molecule has 1 aliphatic carbocycles. The lowest BCUT2D eigenvalue weighted by Gasteiger charge is -2.33. The van der Waals surface area contributed by atoms with E-state index in [-0.39, 0.29) is 22.0 Å². The third-order valence-corrected chi connectivity index (χ3v) is 8.75. The zero-order valence-corrected chi connectivity index (χ0v) is 17.4. The van der Waals surface area contributed by atoms with Crippen LogP contribution < -0.4 is 0 Å². The summed E-state index contributed by atoms with van der Waals surface area (Å²) in [4.78, 5) is 13.3. The van der Waals surface area contributed by atoms with Crippen molar-refractivity contribution < 1.29 is 13.2 Å². The maximum Gasteiger partial charge on any atom is 0.244 e. The number of piperidine rings is 1. The van der Waals surface area contributed by atoms with Gasteiger partial charge in [0, 0.05) is 11.8 Å². The van der Waals surface area contributed by atoms with Gasteiger partial charge in [0.25, 0.3) is 0 Å². The molecule has 1 heterocycles. The zero-order chi connectivity index (χ0) is 19.6. The van der Waals surface area contributed by atoms with Crippen molar-refractivity contribution in [2.45, 2.75) is 49.1 Å². The van der Waals surface area contributed by atoms with E-state index in [1.165, 1.54) is 21.6 Å². The van der Waals surface area contributed by atoms with Gasteiger partial charge < -0.3 is 0 Å². The molecule has 0 radical (unpaired) electrons. The summed E-state index contributed by atoms with van der Waals surface area (Å²) in [5.41, 5.74) is 1.27. The molecule has 2 aromatic carbocycles. The minimum Gasteiger partial charge on any atom is -0.285 e. The fourth-order valence-corrected chi connectivity index (χ4v) is 7.41. The Hall–Kier alpha value is -1.63. The number of hydrogen-bond acceptors (Lipinski definition) is 4. The zero-order valence-electron chi connectivity index (χ0n) is 15.7. The number of benzene rings is 2. The molecule has 28 heavy (non-hydrogen) atoms. The van der Waals surface area contributed by atoms with E-state index < -0.39 is 16.1 Å². The molecule has 2 bridgehead atoms. The molecule has 4 nitrogen and oxygen atoms in total. The van der Waals surface area contributed by atoms with Crippen LogP contribution in [0.3, 0.4) is 0 Å². The van der Waals surface area contributed by atoms with Crippen LogP contribution in [0.1, 0.15) is 31.2 Å². The van der Waals surface area contributed by atoms with E-state index in [0.717, 1.165) is 37.9 Å². The van der Waals surface area contributed by atoms with Gasteiger partial charge in [0.15, 0.2) is 0 Å². The lowest BCUT2D eigenvalue weighted by Crippen LogP contribution is -2.48. The molecule has 0 amide bonds. The number of sulfonamides is 1.